The fourth-order valence-corrected chi connectivity index (χ4v) is 1.71. The van der Waals surface area contributed by atoms with Crippen molar-refractivity contribution >= 4 is 5.69 Å². The van der Waals surface area contributed by atoms with Gasteiger partial charge in [-0.2, -0.15) is 0 Å². The van der Waals surface area contributed by atoms with Crippen molar-refractivity contribution in [1.82, 2.24) is 0 Å². The highest BCUT2D eigenvalue weighted by atomic mass is 16.4. The van der Waals surface area contributed by atoms with Gasteiger partial charge in [0.15, 0.2) is 0 Å². The van der Waals surface area contributed by atoms with Crippen LogP contribution in [0, 0.1) is 13.8 Å². The van der Waals surface area contributed by atoms with E-state index in [9.17, 15) is 15.3 Å². The van der Waals surface area contributed by atoms with Crippen molar-refractivity contribution in [3.63, 3.8) is 0 Å². The molecule has 0 bridgehead atoms. The fourth-order valence-electron chi connectivity index (χ4n) is 1.71. The molecule has 0 radical (unpaired) electrons. The molecule has 3 atom stereocenters. The lowest BCUT2D eigenvalue weighted by Crippen LogP contribution is -2.42. The number of aliphatic hydroxyl groups is 4. The third-order valence-electron chi connectivity index (χ3n) is 2.86. The molecular weight excluding hydrogens is 234 g/mol. The Morgan fingerprint density at radius 2 is 1.78 bits per heavy atom. The van der Waals surface area contributed by atoms with E-state index in [4.69, 9.17) is 5.11 Å². The Morgan fingerprint density at radius 3 is 2.33 bits per heavy atom. The number of hydrogen-bond acceptors (Lipinski definition) is 5. The van der Waals surface area contributed by atoms with Gasteiger partial charge >= 0.3 is 0 Å². The molecule has 5 nitrogen and oxygen atoms in total. The molecule has 18 heavy (non-hydrogen) atoms. The summed E-state index contributed by atoms with van der Waals surface area (Å²) in [5.74, 6) is 0. The highest BCUT2D eigenvalue weighted by Gasteiger charge is 2.23. The topological polar surface area (TPSA) is 93.0 Å². The van der Waals surface area contributed by atoms with E-state index in [0.717, 1.165) is 16.8 Å². The summed E-state index contributed by atoms with van der Waals surface area (Å²) in [6.07, 6.45) is -3.85. The van der Waals surface area contributed by atoms with Gasteiger partial charge in [-0.15, -0.1) is 0 Å². The van der Waals surface area contributed by atoms with Crippen molar-refractivity contribution in [3.05, 3.63) is 29.3 Å². The standard InChI is InChI=1S/C13H21NO4/c1-8-3-4-10(9(2)5-8)14-6-11(16)13(18)12(17)7-15/h3-5,11-18H,6-7H2,1-2H3. The number of anilines is 1. The summed E-state index contributed by atoms with van der Waals surface area (Å²) in [6.45, 7) is 3.46. The van der Waals surface area contributed by atoms with Crippen molar-refractivity contribution in [1.29, 1.82) is 0 Å². The predicted octanol–water partition coefficient (Wildman–Crippen LogP) is -0.210. The molecule has 5 heteroatoms. The van der Waals surface area contributed by atoms with Gasteiger partial charge in [0.05, 0.1) is 12.7 Å². The minimum atomic E-state index is -1.37. The number of hydrogen-bond donors (Lipinski definition) is 5. The molecule has 0 fully saturated rings. The van der Waals surface area contributed by atoms with E-state index in [1.807, 2.05) is 32.0 Å². The van der Waals surface area contributed by atoms with Crippen LogP contribution in [0.4, 0.5) is 5.69 Å². The van der Waals surface area contributed by atoms with Crippen LogP contribution in [0.1, 0.15) is 11.1 Å². The highest BCUT2D eigenvalue weighted by molar-refractivity contribution is 5.51. The number of nitrogens with one attached hydrogen (secondary N) is 1. The van der Waals surface area contributed by atoms with Crippen LogP contribution < -0.4 is 5.32 Å². The van der Waals surface area contributed by atoms with Crippen LogP contribution >= 0.6 is 0 Å². The molecule has 0 amide bonds. The van der Waals surface area contributed by atoms with Crippen LogP contribution in [0.3, 0.4) is 0 Å². The van der Waals surface area contributed by atoms with E-state index in [2.05, 4.69) is 5.32 Å². The summed E-state index contributed by atoms with van der Waals surface area (Å²) in [6, 6.07) is 5.85. The number of benzene rings is 1. The summed E-state index contributed by atoms with van der Waals surface area (Å²) in [4.78, 5) is 0. The molecular formula is C13H21NO4. The van der Waals surface area contributed by atoms with Crippen LogP contribution in [-0.2, 0) is 0 Å². The second kappa shape index (κ2) is 6.70. The maximum atomic E-state index is 9.64. The van der Waals surface area contributed by atoms with Gasteiger partial charge in [-0.3, -0.25) is 0 Å². The Kier molecular flexibility index (Phi) is 5.55. The third kappa shape index (κ3) is 3.96. The van der Waals surface area contributed by atoms with Gasteiger partial charge in [0.1, 0.15) is 12.2 Å². The Morgan fingerprint density at radius 1 is 1.11 bits per heavy atom. The molecule has 0 saturated carbocycles. The molecule has 0 aliphatic rings. The molecule has 0 aliphatic carbocycles. The monoisotopic (exact) mass is 255 g/mol. The second-order valence-corrected chi connectivity index (χ2v) is 4.51. The zero-order valence-corrected chi connectivity index (χ0v) is 10.7. The maximum absolute atomic E-state index is 9.64. The molecule has 3 unspecified atom stereocenters. The van der Waals surface area contributed by atoms with Gasteiger partial charge in [-0.05, 0) is 25.5 Å². The van der Waals surface area contributed by atoms with E-state index in [0.29, 0.717) is 0 Å². The van der Waals surface area contributed by atoms with Crippen LogP contribution in [0.5, 0.6) is 0 Å². The van der Waals surface area contributed by atoms with E-state index >= 15 is 0 Å². The van der Waals surface area contributed by atoms with E-state index < -0.39 is 24.9 Å². The molecule has 0 saturated heterocycles. The average molecular weight is 255 g/mol. The smallest absolute Gasteiger partial charge is 0.110 e. The molecule has 1 rings (SSSR count). The number of aryl methyl sites for hydroxylation is 2. The Labute approximate surface area is 107 Å². The van der Waals surface area contributed by atoms with Gasteiger partial charge in [0.2, 0.25) is 0 Å². The summed E-state index contributed by atoms with van der Waals surface area (Å²) < 4.78 is 0. The van der Waals surface area contributed by atoms with Crippen molar-refractivity contribution in [3.8, 4) is 0 Å². The SMILES string of the molecule is Cc1ccc(NCC(O)C(O)C(O)CO)c(C)c1. The predicted molar refractivity (Wildman–Crippen MR) is 69.5 cm³/mol. The molecule has 1 aromatic rings. The normalized spacial score (nSPS) is 16.1. The van der Waals surface area contributed by atoms with Crippen LogP contribution in [-0.4, -0.2) is 51.9 Å². The first-order valence-electron chi connectivity index (χ1n) is 5.92. The number of aliphatic hydroxyl groups excluding tert-OH is 4. The Bertz CT molecular complexity index is 383. The summed E-state index contributed by atoms with van der Waals surface area (Å²) in [5, 5.41) is 40.0. The van der Waals surface area contributed by atoms with E-state index in [1.165, 1.54) is 0 Å². The van der Waals surface area contributed by atoms with Gasteiger partial charge in [-0.25, -0.2) is 0 Å². The second-order valence-electron chi connectivity index (χ2n) is 4.51. The Hall–Kier alpha value is -1.14. The molecule has 0 aromatic heterocycles. The molecule has 0 heterocycles. The van der Waals surface area contributed by atoms with Crippen molar-refractivity contribution in [2.45, 2.75) is 32.2 Å². The van der Waals surface area contributed by atoms with Gasteiger partial charge in [0.25, 0.3) is 0 Å². The van der Waals surface area contributed by atoms with E-state index in [-0.39, 0.29) is 6.54 Å². The molecule has 1 aromatic carbocycles. The molecule has 0 spiro atoms. The minimum Gasteiger partial charge on any atom is -0.394 e. The zero-order valence-electron chi connectivity index (χ0n) is 10.7. The quantitative estimate of drug-likeness (QED) is 0.485. The lowest BCUT2D eigenvalue weighted by Gasteiger charge is -2.22. The Balaban J connectivity index is 2.54. The first-order valence-corrected chi connectivity index (χ1v) is 5.92. The molecule has 102 valence electrons. The lowest BCUT2D eigenvalue weighted by molar-refractivity contribution is -0.0715. The van der Waals surface area contributed by atoms with Gasteiger partial charge < -0.3 is 25.7 Å². The van der Waals surface area contributed by atoms with Gasteiger partial charge in [-0.1, -0.05) is 17.7 Å². The van der Waals surface area contributed by atoms with Gasteiger partial charge in [0, 0.05) is 12.2 Å². The highest BCUT2D eigenvalue weighted by Crippen LogP contribution is 2.16. The summed E-state index contributed by atoms with van der Waals surface area (Å²) in [7, 11) is 0. The van der Waals surface area contributed by atoms with Crippen molar-refractivity contribution < 1.29 is 20.4 Å². The largest absolute Gasteiger partial charge is 0.394 e. The lowest BCUT2D eigenvalue weighted by atomic mass is 10.1. The van der Waals surface area contributed by atoms with Crippen LogP contribution in [0.15, 0.2) is 18.2 Å². The maximum Gasteiger partial charge on any atom is 0.110 e. The van der Waals surface area contributed by atoms with E-state index in [1.54, 1.807) is 0 Å². The average Bonchev–Trinajstić information content (AvgIpc) is 2.35. The fraction of sp³-hybridized carbons (Fsp3) is 0.538. The third-order valence-corrected chi connectivity index (χ3v) is 2.86. The summed E-state index contributed by atoms with van der Waals surface area (Å²) in [5.41, 5.74) is 3.05. The van der Waals surface area contributed by atoms with Crippen molar-refractivity contribution in [2.24, 2.45) is 0 Å². The number of rotatable bonds is 6. The van der Waals surface area contributed by atoms with Crippen LogP contribution in [0.2, 0.25) is 0 Å². The first kappa shape index (κ1) is 14.9. The minimum absolute atomic E-state index is 0.0993. The summed E-state index contributed by atoms with van der Waals surface area (Å²) >= 11 is 0. The molecule has 0 aliphatic heterocycles. The van der Waals surface area contributed by atoms with Crippen LogP contribution in [0.25, 0.3) is 0 Å². The van der Waals surface area contributed by atoms with Crippen molar-refractivity contribution in [2.75, 3.05) is 18.5 Å². The molecule has 5 N–H and O–H groups in total. The zero-order chi connectivity index (χ0) is 13.7. The first-order chi connectivity index (χ1) is 8.45.